The molecule has 32 heavy (non-hydrogen) atoms. The van der Waals surface area contributed by atoms with E-state index in [-0.39, 0.29) is 22.4 Å². The molecular weight excluding hydrogens is 412 g/mol. The van der Waals surface area contributed by atoms with Crippen LogP contribution >= 0.6 is 11.8 Å². The van der Waals surface area contributed by atoms with Gasteiger partial charge in [-0.1, -0.05) is 71.4 Å². The summed E-state index contributed by atoms with van der Waals surface area (Å²) in [6.07, 6.45) is 18.7. The van der Waals surface area contributed by atoms with E-state index < -0.39 is 0 Å². The Hall–Kier alpha value is -1.09. The van der Waals surface area contributed by atoms with Gasteiger partial charge >= 0.3 is 0 Å². The molecule has 0 aliphatic heterocycles. The first-order valence-electron chi connectivity index (χ1n) is 13.0. The third-order valence-corrected chi connectivity index (χ3v) is 10.2. The Labute approximate surface area is 200 Å². The molecule has 3 aliphatic carbocycles. The van der Waals surface area contributed by atoms with E-state index in [4.69, 9.17) is 0 Å². The summed E-state index contributed by atoms with van der Waals surface area (Å²) in [6.45, 7) is 11.7. The number of carbonyl (C=O) groups is 2. The molecule has 3 rings (SSSR count). The Balaban J connectivity index is 1.63. The Morgan fingerprint density at radius 3 is 2.47 bits per heavy atom. The Morgan fingerprint density at radius 2 is 1.72 bits per heavy atom. The maximum Gasteiger partial charge on any atom is 0.192 e. The fourth-order valence-electron chi connectivity index (χ4n) is 6.52. The van der Waals surface area contributed by atoms with Crippen molar-refractivity contribution in [1.82, 2.24) is 0 Å². The van der Waals surface area contributed by atoms with Gasteiger partial charge in [0, 0.05) is 11.6 Å². The zero-order valence-corrected chi connectivity index (χ0v) is 21.9. The Kier molecular flexibility index (Phi) is 8.69. The molecule has 0 spiro atoms. The lowest BCUT2D eigenvalue weighted by Gasteiger charge is -2.58. The second-order valence-corrected chi connectivity index (χ2v) is 12.2. The van der Waals surface area contributed by atoms with Crippen LogP contribution in [-0.2, 0) is 9.59 Å². The maximum atomic E-state index is 13.1. The van der Waals surface area contributed by atoms with Gasteiger partial charge in [-0.05, 0) is 79.9 Å². The molecule has 0 radical (unpaired) electrons. The predicted molar refractivity (Wildman–Crippen MR) is 138 cm³/mol. The normalized spacial score (nSPS) is 32.8. The monoisotopic (exact) mass is 456 g/mol. The number of ketones is 2. The van der Waals surface area contributed by atoms with Crippen LogP contribution in [0.25, 0.3) is 0 Å². The first kappa shape index (κ1) is 25.5. The van der Waals surface area contributed by atoms with Crippen LogP contribution in [-0.4, -0.2) is 17.3 Å². The minimum absolute atomic E-state index is 0.0464. The minimum Gasteiger partial charge on any atom is -0.290 e. The lowest BCUT2D eigenvalue weighted by Crippen LogP contribution is -2.50. The van der Waals surface area contributed by atoms with Crippen LogP contribution in [0.4, 0.5) is 0 Å². The fraction of sp³-hybridized carbons (Fsp3) is 0.724. The Bertz CT molecular complexity index is 804. The Morgan fingerprint density at radius 1 is 1.00 bits per heavy atom. The summed E-state index contributed by atoms with van der Waals surface area (Å²) in [5.74, 6) is 2.17. The summed E-state index contributed by atoms with van der Waals surface area (Å²) in [5, 5.41) is 0. The van der Waals surface area contributed by atoms with Gasteiger partial charge in [0.1, 0.15) is 0 Å². The molecule has 1 fully saturated rings. The van der Waals surface area contributed by atoms with Gasteiger partial charge in [-0.2, -0.15) is 0 Å². The molecule has 0 saturated heterocycles. The van der Waals surface area contributed by atoms with Crippen LogP contribution < -0.4 is 0 Å². The van der Waals surface area contributed by atoms with Crippen LogP contribution in [0.2, 0.25) is 0 Å². The van der Waals surface area contributed by atoms with E-state index in [0.717, 1.165) is 30.6 Å². The van der Waals surface area contributed by atoms with E-state index in [0.29, 0.717) is 16.7 Å². The van der Waals surface area contributed by atoms with Crippen molar-refractivity contribution in [2.45, 2.75) is 105 Å². The van der Waals surface area contributed by atoms with Gasteiger partial charge in [0.15, 0.2) is 11.6 Å². The first-order valence-corrected chi connectivity index (χ1v) is 14.0. The molecular formula is C29H44O2S. The molecule has 3 heteroatoms. The maximum absolute atomic E-state index is 13.1. The quantitative estimate of drug-likeness (QED) is 0.189. The zero-order chi connectivity index (χ0) is 23.4. The topological polar surface area (TPSA) is 34.1 Å². The minimum atomic E-state index is 0.0464. The van der Waals surface area contributed by atoms with E-state index >= 15 is 0 Å². The summed E-state index contributed by atoms with van der Waals surface area (Å²) >= 11 is 1.58. The third-order valence-electron chi connectivity index (χ3n) is 9.05. The van der Waals surface area contributed by atoms with Gasteiger partial charge in [-0.25, -0.2) is 0 Å². The van der Waals surface area contributed by atoms with Crippen molar-refractivity contribution in [3.63, 3.8) is 0 Å². The lowest BCUT2D eigenvalue weighted by molar-refractivity contribution is -0.115. The molecule has 0 aromatic rings. The lowest BCUT2D eigenvalue weighted by atomic mass is 9.46. The van der Waals surface area contributed by atoms with Crippen LogP contribution in [0.3, 0.4) is 0 Å². The van der Waals surface area contributed by atoms with Crippen molar-refractivity contribution in [2.24, 2.45) is 22.7 Å². The van der Waals surface area contributed by atoms with Crippen LogP contribution in [0.5, 0.6) is 0 Å². The summed E-state index contributed by atoms with van der Waals surface area (Å²) in [5.41, 5.74) is 2.56. The number of hydrogen-bond donors (Lipinski definition) is 0. The van der Waals surface area contributed by atoms with Gasteiger partial charge in [-0.3, -0.25) is 9.59 Å². The highest BCUT2D eigenvalue weighted by molar-refractivity contribution is 8.04. The summed E-state index contributed by atoms with van der Waals surface area (Å²) in [4.78, 5) is 26.6. The second kappa shape index (κ2) is 10.9. The molecule has 3 aliphatic rings. The van der Waals surface area contributed by atoms with Crippen molar-refractivity contribution in [2.75, 3.05) is 5.75 Å². The highest BCUT2D eigenvalue weighted by Gasteiger charge is 2.53. The van der Waals surface area contributed by atoms with Crippen molar-refractivity contribution >= 4 is 23.3 Å². The molecule has 0 aromatic carbocycles. The molecule has 0 unspecified atom stereocenters. The predicted octanol–water partition coefficient (Wildman–Crippen LogP) is 8.23. The number of allylic oxidation sites excluding steroid dienone is 6. The van der Waals surface area contributed by atoms with Gasteiger partial charge in [0.05, 0.1) is 4.91 Å². The van der Waals surface area contributed by atoms with Gasteiger partial charge < -0.3 is 0 Å². The molecule has 0 amide bonds. The zero-order valence-electron chi connectivity index (χ0n) is 21.1. The number of fused-ring (bicyclic) bond motifs is 1. The third kappa shape index (κ3) is 5.34. The highest BCUT2D eigenvalue weighted by atomic mass is 32.2. The molecule has 0 heterocycles. The number of carbonyl (C=O) groups excluding carboxylic acids is 2. The van der Waals surface area contributed by atoms with Gasteiger partial charge in [-0.15, -0.1) is 11.8 Å². The average Bonchev–Trinajstić information content (AvgIpc) is 2.75. The molecule has 178 valence electrons. The van der Waals surface area contributed by atoms with Gasteiger partial charge in [0.2, 0.25) is 0 Å². The van der Waals surface area contributed by atoms with E-state index in [9.17, 15) is 9.59 Å². The van der Waals surface area contributed by atoms with E-state index in [1.165, 1.54) is 56.9 Å². The van der Waals surface area contributed by atoms with Crippen molar-refractivity contribution in [1.29, 1.82) is 0 Å². The highest BCUT2D eigenvalue weighted by Crippen LogP contribution is 2.62. The van der Waals surface area contributed by atoms with Crippen molar-refractivity contribution < 1.29 is 9.59 Å². The smallest absolute Gasteiger partial charge is 0.192 e. The molecule has 2 nitrogen and oxygen atoms in total. The molecule has 0 N–H and O–H groups in total. The SMILES string of the molecule is CCCCCCCCSC1=CC(=O)C(C[C@]2(C)[C@@H](C)CC[C@]3(C)C(C)=CCC[C@@H]23)=CC1=O. The first-order chi connectivity index (χ1) is 15.2. The molecule has 0 aromatic heterocycles. The average molecular weight is 457 g/mol. The largest absolute Gasteiger partial charge is 0.290 e. The number of thioether (sulfide) groups is 1. The van der Waals surface area contributed by atoms with E-state index in [2.05, 4.69) is 40.7 Å². The molecule has 4 atom stereocenters. The van der Waals surface area contributed by atoms with Crippen molar-refractivity contribution in [3.8, 4) is 0 Å². The standard InChI is InChI=1S/C29H44O2S/c1-6-7-8-9-10-11-17-32-26-19-24(30)23(18-25(26)31)20-29(5)22(3)15-16-28(4)21(2)13-12-14-27(28)29/h13,18-19,22,27H,6-12,14-17,20H2,1-5H3/t22-,27+,28+,29+/m0/s1. The number of hydrogen-bond acceptors (Lipinski definition) is 3. The number of rotatable bonds is 10. The van der Waals surface area contributed by atoms with Crippen LogP contribution in [0.15, 0.2) is 34.3 Å². The molecule has 1 saturated carbocycles. The number of unbranched alkanes of at least 4 members (excludes halogenated alkanes) is 5. The fourth-order valence-corrected chi connectivity index (χ4v) is 7.48. The van der Waals surface area contributed by atoms with E-state index in [1.807, 2.05) is 0 Å². The summed E-state index contributed by atoms with van der Waals surface area (Å²) < 4.78 is 0. The summed E-state index contributed by atoms with van der Waals surface area (Å²) in [6, 6.07) is 0. The van der Waals surface area contributed by atoms with Crippen LogP contribution in [0.1, 0.15) is 105 Å². The van der Waals surface area contributed by atoms with E-state index in [1.54, 1.807) is 23.9 Å². The molecule has 0 bridgehead atoms. The van der Waals surface area contributed by atoms with Gasteiger partial charge in [0.25, 0.3) is 0 Å². The van der Waals surface area contributed by atoms with Crippen molar-refractivity contribution in [3.05, 3.63) is 34.3 Å². The van der Waals surface area contributed by atoms with Crippen LogP contribution in [0, 0.1) is 22.7 Å². The second-order valence-electron chi connectivity index (χ2n) is 11.1. The summed E-state index contributed by atoms with van der Waals surface area (Å²) in [7, 11) is 0.